The molecule has 0 bridgehead atoms. The molecule has 1 saturated carbocycles. The third-order valence-corrected chi connectivity index (χ3v) is 7.27. The molecule has 0 spiro atoms. The van der Waals surface area contributed by atoms with Gasteiger partial charge in [-0.25, -0.2) is 4.39 Å². The fourth-order valence-corrected chi connectivity index (χ4v) is 5.12. The van der Waals surface area contributed by atoms with Crippen molar-refractivity contribution in [1.82, 2.24) is 10.2 Å². The normalized spacial score (nSPS) is 20.4. The van der Waals surface area contributed by atoms with Crippen molar-refractivity contribution >= 4 is 28.2 Å². The fourth-order valence-electron chi connectivity index (χ4n) is 5.12. The first-order valence-corrected chi connectivity index (χ1v) is 12.4. The molecule has 5 rings (SSSR count). The number of aromatic nitrogens is 2. The number of aliphatic hydroxyl groups excluding tert-OH is 1. The van der Waals surface area contributed by atoms with Crippen LogP contribution in [0.1, 0.15) is 62.0 Å². The van der Waals surface area contributed by atoms with E-state index in [1.54, 1.807) is 18.7 Å². The number of anilines is 2. The third kappa shape index (κ3) is 4.02. The van der Waals surface area contributed by atoms with E-state index in [2.05, 4.69) is 15.5 Å². The van der Waals surface area contributed by atoms with E-state index < -0.39 is 35.6 Å². The molecule has 1 aliphatic heterocycles. The average Bonchev–Trinajstić information content (AvgIpc) is 3.67. The molecule has 1 fully saturated rings. The van der Waals surface area contributed by atoms with E-state index in [0.717, 1.165) is 35.5 Å². The van der Waals surface area contributed by atoms with Crippen LogP contribution in [0.15, 0.2) is 30.3 Å². The van der Waals surface area contributed by atoms with Crippen LogP contribution in [0.5, 0.6) is 0 Å². The molecule has 1 amide bonds. The Morgan fingerprint density at radius 1 is 1.27 bits per heavy atom. The van der Waals surface area contributed by atoms with Gasteiger partial charge in [-0.15, -0.1) is 5.10 Å². The fraction of sp³-hybridized carbons (Fsp3) is 0.444. The minimum Gasteiger partial charge on any atom is -0.390 e. The molecule has 1 unspecified atom stereocenters. The van der Waals surface area contributed by atoms with Crippen LogP contribution in [0, 0.1) is 12.7 Å². The van der Waals surface area contributed by atoms with Gasteiger partial charge in [0.05, 0.1) is 23.0 Å². The minimum atomic E-state index is -3.71. The molecule has 2 aliphatic rings. The molecule has 1 aromatic heterocycles. The number of hydrogen-bond donors (Lipinski definition) is 2. The molecule has 0 radical (unpaired) electrons. The number of carbonyl (C=O) groups is 1. The number of nitrogens with one attached hydrogen (secondary N) is 1. The maximum absolute atomic E-state index is 15.1. The van der Waals surface area contributed by atoms with E-state index in [1.165, 1.54) is 12.1 Å². The zero-order chi connectivity index (χ0) is 26.7. The summed E-state index contributed by atoms with van der Waals surface area (Å²) in [6.07, 6.45) is 1.82. The van der Waals surface area contributed by atoms with Crippen LogP contribution in [0.4, 0.5) is 24.7 Å². The van der Waals surface area contributed by atoms with Crippen LogP contribution in [0.2, 0.25) is 0 Å². The second-order valence-corrected chi connectivity index (χ2v) is 9.86. The van der Waals surface area contributed by atoms with Crippen LogP contribution < -0.4 is 10.2 Å². The summed E-state index contributed by atoms with van der Waals surface area (Å²) < 4.78 is 49.2. The molecule has 3 aromatic rings. The van der Waals surface area contributed by atoms with Gasteiger partial charge >= 0.3 is 0 Å². The molecule has 7 nitrogen and oxygen atoms in total. The average molecular weight is 515 g/mol. The number of ether oxygens (including phenoxy) is 1. The standard InChI is InChI=1S/C27H29F3N4O3/c1-5-37-26(4)21-11-18-15(3)32-33-24(19(18)12-22(21)34(25(26)36)16-9-10-16)31-14(2)17-7-6-8-20(23(17)28)27(29,30)13-35/h6-8,11-12,14,16,35H,5,9-10,13H2,1-4H3,(H,31,33)/t14-,26?/m1/s1. The molecular weight excluding hydrogens is 485 g/mol. The SMILES string of the molecule is CCOC1(C)C(=O)N(C2CC2)c2cc3c(N[C@H](C)c4cccc(C(F)(F)CO)c4F)nnc(C)c3cc21. The van der Waals surface area contributed by atoms with E-state index in [4.69, 9.17) is 9.84 Å². The Morgan fingerprint density at radius 2 is 2.00 bits per heavy atom. The van der Waals surface area contributed by atoms with E-state index in [9.17, 15) is 13.6 Å². The van der Waals surface area contributed by atoms with Gasteiger partial charge in [0.15, 0.2) is 11.4 Å². The van der Waals surface area contributed by atoms with Crippen LogP contribution in [-0.4, -0.2) is 40.5 Å². The van der Waals surface area contributed by atoms with Gasteiger partial charge in [-0.1, -0.05) is 12.1 Å². The summed E-state index contributed by atoms with van der Waals surface area (Å²) in [6.45, 7) is 5.95. The number of carbonyl (C=O) groups excluding carboxylic acids is 1. The van der Waals surface area contributed by atoms with Crippen LogP contribution in [0.3, 0.4) is 0 Å². The zero-order valence-corrected chi connectivity index (χ0v) is 21.1. The molecule has 37 heavy (non-hydrogen) atoms. The lowest BCUT2D eigenvalue weighted by Crippen LogP contribution is -2.41. The van der Waals surface area contributed by atoms with Gasteiger partial charge in [-0.05, 0) is 58.7 Å². The predicted molar refractivity (Wildman–Crippen MR) is 133 cm³/mol. The maximum Gasteiger partial charge on any atom is 0.298 e. The number of nitrogens with zero attached hydrogens (tertiary/aromatic N) is 3. The van der Waals surface area contributed by atoms with Crippen molar-refractivity contribution in [2.24, 2.45) is 0 Å². The third-order valence-electron chi connectivity index (χ3n) is 7.27. The summed E-state index contributed by atoms with van der Waals surface area (Å²) >= 11 is 0. The van der Waals surface area contributed by atoms with Crippen molar-refractivity contribution in [3.8, 4) is 0 Å². The van der Waals surface area contributed by atoms with Gasteiger partial charge in [0.25, 0.3) is 11.8 Å². The topological polar surface area (TPSA) is 87.6 Å². The molecule has 2 N–H and O–H groups in total. The van der Waals surface area contributed by atoms with E-state index in [0.29, 0.717) is 23.5 Å². The van der Waals surface area contributed by atoms with Gasteiger partial charge in [0.2, 0.25) is 0 Å². The number of aryl methyl sites for hydroxylation is 1. The minimum absolute atomic E-state index is 0.000940. The quantitative estimate of drug-likeness (QED) is 0.435. The zero-order valence-electron chi connectivity index (χ0n) is 21.1. The smallest absolute Gasteiger partial charge is 0.298 e. The van der Waals surface area contributed by atoms with E-state index >= 15 is 4.39 Å². The van der Waals surface area contributed by atoms with Gasteiger partial charge in [-0.2, -0.15) is 13.9 Å². The Labute approximate surface area is 212 Å². The second kappa shape index (κ2) is 8.95. The van der Waals surface area contributed by atoms with Crippen molar-refractivity contribution in [3.63, 3.8) is 0 Å². The number of aliphatic hydroxyl groups is 1. The van der Waals surface area contributed by atoms with Gasteiger partial charge < -0.3 is 20.1 Å². The molecule has 2 heterocycles. The van der Waals surface area contributed by atoms with Gasteiger partial charge in [0, 0.05) is 34.5 Å². The number of amides is 1. The Hall–Kier alpha value is -3.24. The highest BCUT2D eigenvalue weighted by Crippen LogP contribution is 2.49. The maximum atomic E-state index is 15.1. The molecule has 1 aliphatic carbocycles. The summed E-state index contributed by atoms with van der Waals surface area (Å²) in [5.74, 6) is -4.57. The van der Waals surface area contributed by atoms with Crippen molar-refractivity contribution in [2.45, 2.75) is 64.1 Å². The molecule has 0 saturated heterocycles. The molecule has 196 valence electrons. The Balaban J connectivity index is 1.60. The Morgan fingerprint density at radius 3 is 2.65 bits per heavy atom. The van der Waals surface area contributed by atoms with Crippen molar-refractivity contribution < 1.29 is 27.8 Å². The van der Waals surface area contributed by atoms with Crippen molar-refractivity contribution in [3.05, 3.63) is 58.5 Å². The first kappa shape index (κ1) is 25.4. The number of halogens is 3. The first-order valence-electron chi connectivity index (χ1n) is 12.4. The van der Waals surface area contributed by atoms with Gasteiger partial charge in [0.1, 0.15) is 12.4 Å². The van der Waals surface area contributed by atoms with Crippen LogP contribution in [-0.2, 0) is 21.1 Å². The first-order chi connectivity index (χ1) is 17.5. The lowest BCUT2D eigenvalue weighted by atomic mass is 9.94. The summed E-state index contributed by atoms with van der Waals surface area (Å²) in [5, 5.41) is 22.1. The van der Waals surface area contributed by atoms with Gasteiger partial charge in [-0.3, -0.25) is 4.79 Å². The summed E-state index contributed by atoms with van der Waals surface area (Å²) in [5.41, 5.74) is 0.170. The molecular formula is C27H29F3N4O3. The number of alkyl halides is 2. The Kier molecular flexibility index (Phi) is 6.15. The lowest BCUT2D eigenvalue weighted by Gasteiger charge is -2.24. The molecule has 2 aromatic carbocycles. The monoisotopic (exact) mass is 514 g/mol. The number of fused-ring (bicyclic) bond motifs is 2. The van der Waals surface area contributed by atoms with Crippen LogP contribution >= 0.6 is 0 Å². The largest absolute Gasteiger partial charge is 0.390 e. The molecule has 10 heteroatoms. The van der Waals surface area contributed by atoms with Crippen molar-refractivity contribution in [1.29, 1.82) is 0 Å². The number of rotatable bonds is 8. The van der Waals surface area contributed by atoms with E-state index in [1.807, 2.05) is 26.0 Å². The summed E-state index contributed by atoms with van der Waals surface area (Å²) in [4.78, 5) is 15.3. The van der Waals surface area contributed by atoms with Crippen LogP contribution in [0.25, 0.3) is 10.8 Å². The highest BCUT2D eigenvalue weighted by molar-refractivity contribution is 6.11. The second-order valence-electron chi connectivity index (χ2n) is 9.86. The van der Waals surface area contributed by atoms with Crippen molar-refractivity contribution in [2.75, 3.05) is 23.4 Å². The molecule has 2 atom stereocenters. The summed E-state index contributed by atoms with van der Waals surface area (Å²) in [7, 11) is 0. The Bertz CT molecular complexity index is 1400. The predicted octanol–water partition coefficient (Wildman–Crippen LogP) is 5.10. The van der Waals surface area contributed by atoms with E-state index in [-0.39, 0.29) is 17.5 Å². The summed E-state index contributed by atoms with van der Waals surface area (Å²) in [6, 6.07) is 6.85. The highest BCUT2D eigenvalue weighted by atomic mass is 19.3. The lowest BCUT2D eigenvalue weighted by molar-refractivity contribution is -0.140. The number of benzene rings is 2. The highest BCUT2D eigenvalue weighted by Gasteiger charge is 2.52. The number of hydrogen-bond acceptors (Lipinski definition) is 6.